The highest BCUT2D eigenvalue weighted by molar-refractivity contribution is 7.89. The molecule has 33 heavy (non-hydrogen) atoms. The van der Waals surface area contributed by atoms with Crippen LogP contribution in [0, 0.1) is 19.8 Å². The number of nitrogens with one attached hydrogen (secondary N) is 2. The Kier molecular flexibility index (Phi) is 8.10. The first-order chi connectivity index (χ1) is 15.8. The SMILES string of the molecule is Cc1ccc(-c2sc(NCCC3CCCCC3)nc2C)cc1S(=O)(=O)N[C@H]1CC[C@@H](O)CC1. The van der Waals surface area contributed by atoms with Crippen molar-refractivity contribution in [2.24, 2.45) is 5.92 Å². The molecule has 2 saturated carbocycles. The number of anilines is 1. The molecule has 0 saturated heterocycles. The molecule has 2 aromatic rings. The van der Waals surface area contributed by atoms with E-state index in [0.717, 1.165) is 39.3 Å². The number of thiazole rings is 1. The highest BCUT2D eigenvalue weighted by Crippen LogP contribution is 2.35. The number of hydrogen-bond acceptors (Lipinski definition) is 6. The summed E-state index contributed by atoms with van der Waals surface area (Å²) in [6, 6.07) is 5.52. The number of benzene rings is 1. The van der Waals surface area contributed by atoms with E-state index in [-0.39, 0.29) is 12.1 Å². The lowest BCUT2D eigenvalue weighted by Gasteiger charge is -2.26. The second-order valence-electron chi connectivity index (χ2n) is 9.76. The Morgan fingerprint density at radius 1 is 1.06 bits per heavy atom. The number of nitrogens with zero attached hydrogens (tertiary/aromatic N) is 1. The fourth-order valence-electron chi connectivity index (χ4n) is 5.11. The Morgan fingerprint density at radius 3 is 2.52 bits per heavy atom. The van der Waals surface area contributed by atoms with E-state index >= 15 is 0 Å². The van der Waals surface area contributed by atoms with Crippen LogP contribution < -0.4 is 10.0 Å². The molecule has 8 heteroatoms. The van der Waals surface area contributed by atoms with Crippen LogP contribution in [0.1, 0.15) is 75.5 Å². The lowest BCUT2D eigenvalue weighted by Crippen LogP contribution is -2.38. The summed E-state index contributed by atoms with van der Waals surface area (Å²) in [6.45, 7) is 4.75. The van der Waals surface area contributed by atoms with Crippen LogP contribution >= 0.6 is 11.3 Å². The van der Waals surface area contributed by atoms with Gasteiger partial charge in [0.05, 0.1) is 21.6 Å². The molecule has 1 heterocycles. The fourth-order valence-corrected chi connectivity index (χ4v) is 7.67. The molecule has 3 N–H and O–H groups in total. The average Bonchev–Trinajstić information content (AvgIpc) is 3.16. The van der Waals surface area contributed by atoms with E-state index in [1.807, 2.05) is 26.0 Å². The molecule has 182 valence electrons. The van der Waals surface area contributed by atoms with Crippen LogP contribution in [-0.4, -0.2) is 37.2 Å². The van der Waals surface area contributed by atoms with Crippen molar-refractivity contribution in [3.63, 3.8) is 0 Å². The van der Waals surface area contributed by atoms with E-state index < -0.39 is 10.0 Å². The maximum atomic E-state index is 13.2. The van der Waals surface area contributed by atoms with Gasteiger partial charge in [0.25, 0.3) is 0 Å². The summed E-state index contributed by atoms with van der Waals surface area (Å²) in [5.41, 5.74) is 2.53. The number of hydrogen-bond donors (Lipinski definition) is 3. The van der Waals surface area contributed by atoms with Gasteiger partial charge in [0.1, 0.15) is 0 Å². The van der Waals surface area contributed by atoms with E-state index in [4.69, 9.17) is 4.98 Å². The predicted molar refractivity (Wildman–Crippen MR) is 135 cm³/mol. The molecule has 2 aliphatic carbocycles. The summed E-state index contributed by atoms with van der Waals surface area (Å²) in [6.07, 6.45) is 10.3. The quantitative estimate of drug-likeness (QED) is 0.460. The summed E-state index contributed by atoms with van der Waals surface area (Å²) in [5, 5.41) is 14.1. The molecule has 0 aliphatic heterocycles. The van der Waals surface area contributed by atoms with Gasteiger partial charge in [-0.2, -0.15) is 0 Å². The van der Waals surface area contributed by atoms with Gasteiger partial charge >= 0.3 is 0 Å². The standard InChI is InChI=1S/C25H37N3O3S2/c1-17-8-9-20(16-23(17)33(30,31)28-21-10-12-22(29)13-11-21)24-18(2)27-25(32-24)26-15-14-19-6-4-3-5-7-19/h8-9,16,19,21-22,28-29H,3-7,10-15H2,1-2H3,(H,26,27)/t21-,22+. The summed E-state index contributed by atoms with van der Waals surface area (Å²) < 4.78 is 29.2. The van der Waals surface area contributed by atoms with Crippen LogP contribution in [0.25, 0.3) is 10.4 Å². The molecule has 2 aliphatic rings. The fraction of sp³-hybridized carbons (Fsp3) is 0.640. The Morgan fingerprint density at radius 2 is 1.79 bits per heavy atom. The van der Waals surface area contributed by atoms with Gasteiger partial charge in [0.2, 0.25) is 10.0 Å². The van der Waals surface area contributed by atoms with Gasteiger partial charge in [0, 0.05) is 12.6 Å². The third kappa shape index (κ3) is 6.35. The van der Waals surface area contributed by atoms with Gasteiger partial charge < -0.3 is 10.4 Å². The molecule has 2 fully saturated rings. The van der Waals surface area contributed by atoms with Gasteiger partial charge in [-0.1, -0.05) is 55.6 Å². The smallest absolute Gasteiger partial charge is 0.241 e. The van der Waals surface area contributed by atoms with Crippen LogP contribution in [0.5, 0.6) is 0 Å². The molecule has 0 amide bonds. The Labute approximate surface area is 202 Å². The zero-order valence-corrected chi connectivity index (χ0v) is 21.4. The average molecular weight is 492 g/mol. The van der Waals surface area contributed by atoms with Crippen molar-refractivity contribution in [1.82, 2.24) is 9.71 Å². The minimum absolute atomic E-state index is 0.119. The molecule has 6 nitrogen and oxygen atoms in total. The van der Waals surface area contributed by atoms with Crippen LogP contribution in [0.4, 0.5) is 5.13 Å². The predicted octanol–water partition coefficient (Wildman–Crippen LogP) is 5.39. The second kappa shape index (κ2) is 10.8. The maximum Gasteiger partial charge on any atom is 0.241 e. The summed E-state index contributed by atoms with van der Waals surface area (Å²) in [7, 11) is -3.63. The largest absolute Gasteiger partial charge is 0.393 e. The van der Waals surface area contributed by atoms with E-state index in [2.05, 4.69) is 10.0 Å². The second-order valence-corrected chi connectivity index (χ2v) is 12.4. The lowest BCUT2D eigenvalue weighted by molar-refractivity contribution is 0.120. The van der Waals surface area contributed by atoms with Gasteiger partial charge in [-0.05, 0) is 69.1 Å². The van der Waals surface area contributed by atoms with Crippen molar-refractivity contribution < 1.29 is 13.5 Å². The minimum Gasteiger partial charge on any atom is -0.393 e. The van der Waals surface area contributed by atoms with Crippen LogP contribution in [0.3, 0.4) is 0 Å². The molecule has 4 rings (SSSR count). The normalized spacial score (nSPS) is 22.4. The highest BCUT2D eigenvalue weighted by atomic mass is 32.2. The molecule has 1 aromatic heterocycles. The number of aryl methyl sites for hydroxylation is 2. The zero-order valence-electron chi connectivity index (χ0n) is 19.8. The van der Waals surface area contributed by atoms with Crippen molar-refractivity contribution >= 4 is 26.5 Å². The van der Waals surface area contributed by atoms with Gasteiger partial charge in [-0.3, -0.25) is 0 Å². The summed E-state index contributed by atoms with van der Waals surface area (Å²) >= 11 is 1.60. The molecule has 1 aromatic carbocycles. The van der Waals surface area contributed by atoms with Crippen LogP contribution in [0.2, 0.25) is 0 Å². The molecular weight excluding hydrogens is 454 g/mol. The lowest BCUT2D eigenvalue weighted by atomic mass is 9.87. The van der Waals surface area contributed by atoms with Crippen molar-refractivity contribution in [2.75, 3.05) is 11.9 Å². The number of sulfonamides is 1. The Balaban J connectivity index is 1.45. The third-order valence-electron chi connectivity index (χ3n) is 7.11. The first-order valence-electron chi connectivity index (χ1n) is 12.3. The van der Waals surface area contributed by atoms with Crippen molar-refractivity contribution in [3.05, 3.63) is 29.5 Å². The van der Waals surface area contributed by atoms with Crippen molar-refractivity contribution in [2.45, 2.75) is 95.1 Å². The van der Waals surface area contributed by atoms with E-state index in [1.165, 1.54) is 38.5 Å². The van der Waals surface area contributed by atoms with Gasteiger partial charge in [-0.15, -0.1) is 0 Å². The van der Waals surface area contributed by atoms with Crippen molar-refractivity contribution in [3.8, 4) is 10.4 Å². The van der Waals surface area contributed by atoms with Gasteiger partial charge in [-0.25, -0.2) is 18.1 Å². The number of aliphatic hydroxyl groups is 1. The molecular formula is C25H37N3O3S2. The number of rotatable bonds is 8. The molecule has 0 unspecified atom stereocenters. The van der Waals surface area contributed by atoms with E-state index in [9.17, 15) is 13.5 Å². The van der Waals surface area contributed by atoms with Crippen LogP contribution in [-0.2, 0) is 10.0 Å². The highest BCUT2D eigenvalue weighted by Gasteiger charge is 2.26. The third-order valence-corrected chi connectivity index (χ3v) is 9.94. The van der Waals surface area contributed by atoms with E-state index in [1.54, 1.807) is 17.4 Å². The van der Waals surface area contributed by atoms with Crippen LogP contribution in [0.15, 0.2) is 23.1 Å². The number of aromatic nitrogens is 1. The first-order valence-corrected chi connectivity index (χ1v) is 14.6. The zero-order chi connectivity index (χ0) is 23.4. The Hall–Kier alpha value is -1.48. The monoisotopic (exact) mass is 491 g/mol. The van der Waals surface area contributed by atoms with Gasteiger partial charge in [0.15, 0.2) is 5.13 Å². The Bertz CT molecular complexity index is 1040. The van der Waals surface area contributed by atoms with E-state index in [0.29, 0.717) is 30.6 Å². The molecule has 0 bridgehead atoms. The topological polar surface area (TPSA) is 91.3 Å². The first kappa shape index (κ1) is 24.6. The molecule has 0 radical (unpaired) electrons. The molecule has 0 atom stereocenters. The number of aliphatic hydroxyl groups excluding tert-OH is 1. The van der Waals surface area contributed by atoms with Crippen molar-refractivity contribution in [1.29, 1.82) is 0 Å². The minimum atomic E-state index is -3.63. The summed E-state index contributed by atoms with van der Waals surface area (Å²) in [4.78, 5) is 6.03. The molecule has 0 spiro atoms. The summed E-state index contributed by atoms with van der Waals surface area (Å²) in [5.74, 6) is 0.830. The maximum absolute atomic E-state index is 13.2.